The molecule has 0 spiro atoms. The largest absolute Gasteiger partial charge is 0.508 e. The molecular weight excluding hydrogens is 796 g/mol. The number of phenols is 10. The van der Waals surface area contributed by atoms with Gasteiger partial charge in [-0.05, 0) is 65.2 Å². The lowest BCUT2D eigenvalue weighted by Crippen LogP contribution is -2.38. The predicted octanol–water partition coefficient (Wildman–Crippen LogP) is 5.03. The van der Waals surface area contributed by atoms with Crippen LogP contribution in [0.5, 0.6) is 74.7 Å². The van der Waals surface area contributed by atoms with Crippen molar-refractivity contribution < 1.29 is 80.6 Å². The molecule has 3 aliphatic rings. The van der Waals surface area contributed by atoms with Crippen molar-refractivity contribution in [1.82, 2.24) is 0 Å². The maximum atomic E-state index is 12.9. The summed E-state index contributed by atoms with van der Waals surface area (Å²) in [4.78, 5) is 0. The first-order valence-corrected chi connectivity index (χ1v) is 19.0. The van der Waals surface area contributed by atoms with Crippen molar-refractivity contribution >= 4 is 0 Å². The van der Waals surface area contributed by atoms with Gasteiger partial charge in [-0.1, -0.05) is 30.3 Å². The second kappa shape index (κ2) is 14.4. The number of aliphatic hydroxyl groups excluding tert-OH is 3. The molecule has 3 aliphatic heterocycles. The van der Waals surface area contributed by atoms with E-state index in [2.05, 4.69) is 0 Å². The molecule has 0 amide bonds. The number of ether oxygens (including phenoxy) is 3. The van der Waals surface area contributed by atoms with E-state index >= 15 is 0 Å². The Bertz CT molecular complexity index is 2730. The lowest BCUT2D eigenvalue weighted by molar-refractivity contribution is 0.000360. The average molecular weight is 835 g/mol. The van der Waals surface area contributed by atoms with Gasteiger partial charge in [-0.25, -0.2) is 0 Å². The van der Waals surface area contributed by atoms with E-state index in [4.69, 9.17) is 14.2 Å². The van der Waals surface area contributed by atoms with Crippen LogP contribution in [-0.4, -0.2) is 84.7 Å². The van der Waals surface area contributed by atoms with Gasteiger partial charge in [0.15, 0.2) is 46.7 Å². The molecule has 16 heteroatoms. The van der Waals surface area contributed by atoms with E-state index in [0.29, 0.717) is 0 Å². The second-order valence-corrected chi connectivity index (χ2v) is 15.3. The molecular formula is C45H38O16. The molecule has 314 valence electrons. The fraction of sp³-hybridized carbons (Fsp3) is 0.200. The topological polar surface area (TPSA) is 291 Å². The molecule has 0 saturated carbocycles. The minimum atomic E-state index is -1.69. The van der Waals surface area contributed by atoms with E-state index in [0.717, 1.165) is 12.1 Å². The van der Waals surface area contributed by atoms with Gasteiger partial charge in [-0.2, -0.15) is 0 Å². The molecule has 0 radical (unpaired) electrons. The van der Waals surface area contributed by atoms with Gasteiger partial charge in [0.2, 0.25) is 0 Å². The molecule has 9 rings (SSSR count). The zero-order chi connectivity index (χ0) is 43.2. The number of hydrogen-bond acceptors (Lipinski definition) is 16. The number of hydrogen-bond donors (Lipinski definition) is 13. The summed E-state index contributed by atoms with van der Waals surface area (Å²) in [5.74, 6) is -7.77. The minimum Gasteiger partial charge on any atom is -0.508 e. The molecule has 6 aromatic rings. The van der Waals surface area contributed by atoms with Gasteiger partial charge in [0.05, 0.1) is 6.10 Å². The van der Waals surface area contributed by atoms with Crippen molar-refractivity contribution in [3.8, 4) is 74.7 Å². The van der Waals surface area contributed by atoms with E-state index in [9.17, 15) is 66.4 Å². The van der Waals surface area contributed by atoms with Gasteiger partial charge in [0.25, 0.3) is 0 Å². The number of fused-ring (bicyclic) bond motifs is 3. The van der Waals surface area contributed by atoms with Gasteiger partial charge >= 0.3 is 0 Å². The highest BCUT2D eigenvalue weighted by atomic mass is 16.5. The number of phenolic OH excluding ortho intramolecular Hbond substituents is 10. The molecule has 13 N–H and O–H groups in total. The van der Waals surface area contributed by atoms with Crippen LogP contribution in [0.3, 0.4) is 0 Å². The molecule has 0 unspecified atom stereocenters. The number of rotatable bonds is 5. The maximum absolute atomic E-state index is 12.9. The van der Waals surface area contributed by atoms with Gasteiger partial charge in [-0.3, -0.25) is 0 Å². The summed E-state index contributed by atoms with van der Waals surface area (Å²) < 4.78 is 18.9. The molecule has 0 saturated heterocycles. The molecule has 6 aromatic carbocycles. The summed E-state index contributed by atoms with van der Waals surface area (Å²) >= 11 is 0. The monoisotopic (exact) mass is 834 g/mol. The Morgan fingerprint density at radius 2 is 0.836 bits per heavy atom. The molecule has 0 aromatic heterocycles. The first kappa shape index (κ1) is 39.1. The third kappa shape index (κ3) is 6.35. The fourth-order valence-corrected chi connectivity index (χ4v) is 8.75. The average Bonchev–Trinajstić information content (AvgIpc) is 3.22. The number of aliphatic hydroxyl groups is 3. The lowest BCUT2D eigenvalue weighted by atomic mass is 9.73. The van der Waals surface area contributed by atoms with Gasteiger partial charge in [0, 0.05) is 58.2 Å². The van der Waals surface area contributed by atoms with Crippen LogP contribution < -0.4 is 14.2 Å². The van der Waals surface area contributed by atoms with Gasteiger partial charge in [0.1, 0.15) is 58.6 Å². The summed E-state index contributed by atoms with van der Waals surface area (Å²) in [5.41, 5.74) is 0.295. The van der Waals surface area contributed by atoms with Crippen LogP contribution in [0, 0.1) is 0 Å². The van der Waals surface area contributed by atoms with Crippen molar-refractivity contribution in [2.45, 2.75) is 54.9 Å². The summed E-state index contributed by atoms with van der Waals surface area (Å²) in [7, 11) is 0. The van der Waals surface area contributed by atoms with Crippen LogP contribution in [0.4, 0.5) is 0 Å². The van der Waals surface area contributed by atoms with Gasteiger partial charge in [-0.15, -0.1) is 0 Å². The second-order valence-electron chi connectivity index (χ2n) is 15.3. The Kier molecular flexibility index (Phi) is 9.23. The van der Waals surface area contributed by atoms with Crippen LogP contribution >= 0.6 is 0 Å². The third-order valence-electron chi connectivity index (χ3n) is 11.7. The van der Waals surface area contributed by atoms with Crippen molar-refractivity contribution in [1.29, 1.82) is 0 Å². The molecule has 3 heterocycles. The zero-order valence-corrected chi connectivity index (χ0v) is 31.5. The Labute approximate surface area is 345 Å². The molecule has 0 fully saturated rings. The highest BCUT2D eigenvalue weighted by molar-refractivity contribution is 5.70. The number of benzene rings is 6. The Hall–Kier alpha value is -7.40. The highest BCUT2D eigenvalue weighted by Gasteiger charge is 2.49. The molecule has 16 nitrogen and oxygen atoms in total. The lowest BCUT2D eigenvalue weighted by Gasteiger charge is -2.42. The minimum absolute atomic E-state index is 0.00791. The van der Waals surface area contributed by atoms with E-state index in [1.807, 2.05) is 0 Å². The standard InChI is InChI=1S/C45H38O16/c46-20-4-6-22-32(14-20)59-43(18-2-9-26(49)29(52)12-18)40(57)34(22)36-38(55)24-16-31(54)42(17-1-8-25(48)28(51)11-17)61-45(24)37(39(36)56)35-23-7-5-21(47)15-33(23)60-44(41(35)58)19-3-10-27(50)30(53)13-19/h1-15,31,34-35,40-44,46-58H,16H2/t31-,34-,35+,40+,41+,42+,43-,44-/m0/s1. The third-order valence-corrected chi connectivity index (χ3v) is 11.7. The summed E-state index contributed by atoms with van der Waals surface area (Å²) in [6.07, 6.45) is -9.21. The van der Waals surface area contributed by atoms with Crippen LogP contribution in [0.25, 0.3) is 0 Å². The van der Waals surface area contributed by atoms with E-state index in [1.165, 1.54) is 78.9 Å². The predicted molar refractivity (Wildman–Crippen MR) is 211 cm³/mol. The summed E-state index contributed by atoms with van der Waals surface area (Å²) in [6, 6.07) is 19.2. The molecule has 0 aliphatic carbocycles. The SMILES string of the molecule is Oc1ccc2c(c1)O[C@@H](c1ccc(O)c(O)c1)[C@H](O)[C@H]2c1c(O)c([C@@H]2c3ccc(O)cc3O[C@@H](c3ccc(O)c(O)c3)[C@@H]2O)c(O)c2c1O[C@H](c1ccc(O)c(O)c1)[C@@H](O)C2. The summed E-state index contributed by atoms with van der Waals surface area (Å²) in [5, 5.41) is 144. The first-order valence-electron chi connectivity index (χ1n) is 19.0. The van der Waals surface area contributed by atoms with Gasteiger partial charge < -0.3 is 80.6 Å². The zero-order valence-electron chi connectivity index (χ0n) is 31.5. The highest BCUT2D eigenvalue weighted by Crippen LogP contribution is 2.60. The summed E-state index contributed by atoms with van der Waals surface area (Å²) in [6.45, 7) is 0. The van der Waals surface area contributed by atoms with E-state index in [1.54, 1.807) is 0 Å². The normalized spacial score (nSPS) is 24.0. The quantitative estimate of drug-likeness (QED) is 0.101. The Balaban J connectivity index is 1.31. The van der Waals surface area contributed by atoms with Crippen molar-refractivity contribution in [2.24, 2.45) is 0 Å². The van der Waals surface area contributed by atoms with Crippen LogP contribution in [0.15, 0.2) is 91.0 Å². The van der Waals surface area contributed by atoms with E-state index in [-0.39, 0.29) is 79.7 Å². The fourth-order valence-electron chi connectivity index (χ4n) is 8.75. The smallest absolute Gasteiger partial charge is 0.157 e. The molecule has 8 atom stereocenters. The van der Waals surface area contributed by atoms with Crippen LogP contribution in [0.1, 0.15) is 74.7 Å². The molecule has 0 bridgehead atoms. The van der Waals surface area contributed by atoms with Crippen LogP contribution in [0.2, 0.25) is 0 Å². The number of aromatic hydroxyl groups is 10. The first-order chi connectivity index (χ1) is 29.1. The Morgan fingerprint density at radius 3 is 1.28 bits per heavy atom. The van der Waals surface area contributed by atoms with Crippen molar-refractivity contribution in [2.75, 3.05) is 0 Å². The Morgan fingerprint density at radius 1 is 0.410 bits per heavy atom. The van der Waals surface area contributed by atoms with Crippen molar-refractivity contribution in [3.63, 3.8) is 0 Å². The van der Waals surface area contributed by atoms with Crippen molar-refractivity contribution in [3.05, 3.63) is 136 Å². The maximum Gasteiger partial charge on any atom is 0.157 e. The molecule has 61 heavy (non-hydrogen) atoms. The van der Waals surface area contributed by atoms with Crippen LogP contribution in [-0.2, 0) is 6.42 Å². The van der Waals surface area contributed by atoms with E-state index < -0.39 is 94.5 Å².